The summed E-state index contributed by atoms with van der Waals surface area (Å²) >= 11 is 12.7. The Kier molecular flexibility index (Phi) is 4.18. The first-order valence-corrected chi connectivity index (χ1v) is 10.6. The summed E-state index contributed by atoms with van der Waals surface area (Å²) in [5, 5.41) is 8.82. The number of nitrogens with one attached hydrogen (secondary N) is 2. The Balaban J connectivity index is 1.45. The summed E-state index contributed by atoms with van der Waals surface area (Å²) in [6.07, 6.45) is 7.39. The summed E-state index contributed by atoms with van der Waals surface area (Å²) in [5.74, 6) is 0. The van der Waals surface area contributed by atoms with Gasteiger partial charge in [0.1, 0.15) is 0 Å². The normalized spacial score (nSPS) is 22.5. The summed E-state index contributed by atoms with van der Waals surface area (Å²) in [6.45, 7) is 4.28. The van der Waals surface area contributed by atoms with Gasteiger partial charge in [-0.2, -0.15) is 0 Å². The Morgan fingerprint density at radius 1 is 1.11 bits per heavy atom. The second kappa shape index (κ2) is 6.46. The van der Waals surface area contributed by atoms with E-state index in [0.29, 0.717) is 6.04 Å². The lowest BCUT2D eigenvalue weighted by Gasteiger charge is -2.35. The number of hydrogen-bond acceptors (Lipinski definition) is 2. The third-order valence-corrected chi connectivity index (χ3v) is 7.11. The van der Waals surface area contributed by atoms with Gasteiger partial charge in [0.2, 0.25) is 0 Å². The number of benzene rings is 2. The van der Waals surface area contributed by atoms with Crippen LogP contribution in [0.25, 0.3) is 5.70 Å². The first-order valence-electron chi connectivity index (χ1n) is 9.86. The molecule has 0 amide bonds. The zero-order valence-electron chi connectivity index (χ0n) is 15.3. The highest BCUT2D eigenvalue weighted by Crippen LogP contribution is 2.59. The van der Waals surface area contributed by atoms with Gasteiger partial charge >= 0.3 is 0 Å². The first kappa shape index (κ1) is 17.5. The molecular formula is C23H24Cl2N2. The van der Waals surface area contributed by atoms with Crippen molar-refractivity contribution in [2.24, 2.45) is 0 Å². The van der Waals surface area contributed by atoms with E-state index in [1.165, 1.54) is 48.9 Å². The van der Waals surface area contributed by atoms with Crippen LogP contribution < -0.4 is 10.6 Å². The lowest BCUT2D eigenvalue weighted by Crippen LogP contribution is -2.33. The van der Waals surface area contributed by atoms with E-state index >= 15 is 0 Å². The summed E-state index contributed by atoms with van der Waals surface area (Å²) in [5.41, 5.74) is 6.29. The fourth-order valence-corrected chi connectivity index (χ4v) is 4.94. The molecule has 1 atom stereocenters. The molecule has 0 aromatic heterocycles. The van der Waals surface area contributed by atoms with Crippen LogP contribution in [0.3, 0.4) is 0 Å². The predicted molar refractivity (Wildman–Crippen MR) is 115 cm³/mol. The number of fused-ring (bicyclic) bond motifs is 2. The molecule has 2 aromatic carbocycles. The van der Waals surface area contributed by atoms with Gasteiger partial charge in [-0.15, -0.1) is 0 Å². The molecule has 5 rings (SSSR count). The molecule has 2 aromatic rings. The van der Waals surface area contributed by atoms with E-state index in [1.54, 1.807) is 0 Å². The van der Waals surface area contributed by atoms with Gasteiger partial charge in [0.05, 0.1) is 6.04 Å². The van der Waals surface area contributed by atoms with Crippen molar-refractivity contribution in [3.05, 3.63) is 69.7 Å². The zero-order valence-corrected chi connectivity index (χ0v) is 16.8. The molecule has 0 saturated heterocycles. The molecule has 1 unspecified atom stereocenters. The molecule has 2 aliphatic carbocycles. The van der Waals surface area contributed by atoms with Gasteiger partial charge in [0, 0.05) is 27.5 Å². The van der Waals surface area contributed by atoms with Gasteiger partial charge in [-0.25, -0.2) is 0 Å². The van der Waals surface area contributed by atoms with Crippen LogP contribution in [0, 0.1) is 0 Å². The van der Waals surface area contributed by atoms with Crippen molar-refractivity contribution in [1.82, 2.24) is 5.32 Å². The second-order valence-corrected chi connectivity index (χ2v) is 9.20. The van der Waals surface area contributed by atoms with Crippen molar-refractivity contribution in [1.29, 1.82) is 0 Å². The summed E-state index contributed by atoms with van der Waals surface area (Å²) in [6, 6.07) is 13.3. The lowest BCUT2D eigenvalue weighted by molar-refractivity contribution is 0.378. The SMILES string of the molecule is C=C(NC1CCC1)c1ccc2c(c1)C1(CC1)CC(c1cc(Cl)ccc1Cl)N2. The standard InChI is InChI=1S/C23H24Cl2N2/c1-14(26-17-3-2-4-17)15-5-8-21-19(11-15)23(9-10-23)13-22(27-21)18-12-16(24)6-7-20(18)25/h5-8,11-12,17,22,26-27H,1-4,9-10,13H2. The van der Waals surface area contributed by atoms with Gasteiger partial charge < -0.3 is 10.6 Å². The highest BCUT2D eigenvalue weighted by atomic mass is 35.5. The van der Waals surface area contributed by atoms with Crippen LogP contribution in [0.2, 0.25) is 10.0 Å². The molecule has 4 heteroatoms. The maximum absolute atomic E-state index is 6.49. The number of halogens is 2. The van der Waals surface area contributed by atoms with Gasteiger partial charge in [-0.3, -0.25) is 0 Å². The molecule has 2 N–H and O–H groups in total. The number of anilines is 1. The van der Waals surface area contributed by atoms with E-state index in [1.807, 2.05) is 18.2 Å². The van der Waals surface area contributed by atoms with E-state index in [2.05, 4.69) is 35.4 Å². The van der Waals surface area contributed by atoms with Gasteiger partial charge in [-0.1, -0.05) is 35.8 Å². The Morgan fingerprint density at radius 3 is 2.63 bits per heavy atom. The minimum atomic E-state index is 0.202. The molecule has 0 radical (unpaired) electrons. The average molecular weight is 399 g/mol. The molecule has 140 valence electrons. The van der Waals surface area contributed by atoms with Crippen LogP contribution in [0.4, 0.5) is 5.69 Å². The number of hydrogen-bond donors (Lipinski definition) is 2. The van der Waals surface area contributed by atoms with E-state index in [9.17, 15) is 0 Å². The van der Waals surface area contributed by atoms with Gasteiger partial charge in [0.15, 0.2) is 0 Å². The van der Waals surface area contributed by atoms with Crippen LogP contribution in [0.1, 0.15) is 61.3 Å². The van der Waals surface area contributed by atoms with Crippen molar-refractivity contribution in [2.75, 3.05) is 5.32 Å². The largest absolute Gasteiger partial charge is 0.382 e. The van der Waals surface area contributed by atoms with Gasteiger partial charge in [-0.05, 0) is 91.0 Å². The van der Waals surface area contributed by atoms with E-state index in [-0.39, 0.29) is 11.5 Å². The fourth-order valence-electron chi connectivity index (χ4n) is 4.51. The lowest BCUT2D eigenvalue weighted by atomic mass is 9.81. The Labute approximate surface area is 171 Å². The second-order valence-electron chi connectivity index (χ2n) is 8.36. The van der Waals surface area contributed by atoms with E-state index < -0.39 is 0 Å². The molecular weight excluding hydrogens is 375 g/mol. The average Bonchev–Trinajstić information content (AvgIpc) is 3.39. The van der Waals surface area contributed by atoms with Crippen molar-refractivity contribution in [3.63, 3.8) is 0 Å². The van der Waals surface area contributed by atoms with Crippen LogP contribution in [-0.2, 0) is 5.41 Å². The van der Waals surface area contributed by atoms with E-state index in [4.69, 9.17) is 23.2 Å². The maximum Gasteiger partial charge on any atom is 0.0537 e. The minimum absolute atomic E-state index is 0.202. The topological polar surface area (TPSA) is 24.1 Å². The van der Waals surface area contributed by atoms with Gasteiger partial charge in [0.25, 0.3) is 0 Å². The van der Waals surface area contributed by atoms with Crippen LogP contribution in [-0.4, -0.2) is 6.04 Å². The molecule has 2 fully saturated rings. The molecule has 0 bridgehead atoms. The third kappa shape index (κ3) is 3.13. The Morgan fingerprint density at radius 2 is 1.93 bits per heavy atom. The molecule has 2 saturated carbocycles. The van der Waals surface area contributed by atoms with Crippen molar-refractivity contribution >= 4 is 34.6 Å². The maximum atomic E-state index is 6.49. The molecule has 1 aliphatic heterocycles. The summed E-state index contributed by atoms with van der Waals surface area (Å²) < 4.78 is 0. The highest BCUT2D eigenvalue weighted by Gasteiger charge is 2.50. The highest BCUT2D eigenvalue weighted by molar-refractivity contribution is 6.33. The Bertz CT molecular complexity index is 913. The molecule has 27 heavy (non-hydrogen) atoms. The van der Waals surface area contributed by atoms with E-state index in [0.717, 1.165) is 27.7 Å². The fraction of sp³-hybridized carbons (Fsp3) is 0.391. The summed E-state index contributed by atoms with van der Waals surface area (Å²) in [4.78, 5) is 0. The third-order valence-electron chi connectivity index (χ3n) is 6.53. The predicted octanol–water partition coefficient (Wildman–Crippen LogP) is 6.69. The quantitative estimate of drug-likeness (QED) is 0.598. The smallest absolute Gasteiger partial charge is 0.0537 e. The monoisotopic (exact) mass is 398 g/mol. The van der Waals surface area contributed by atoms with Crippen LogP contribution in [0.5, 0.6) is 0 Å². The van der Waals surface area contributed by atoms with Crippen molar-refractivity contribution < 1.29 is 0 Å². The minimum Gasteiger partial charge on any atom is -0.382 e. The zero-order chi connectivity index (χ0) is 18.6. The Hall–Kier alpha value is -1.64. The number of rotatable bonds is 4. The van der Waals surface area contributed by atoms with Crippen molar-refractivity contribution in [2.45, 2.75) is 56.0 Å². The van der Waals surface area contributed by atoms with Crippen molar-refractivity contribution in [3.8, 4) is 0 Å². The van der Waals surface area contributed by atoms with Crippen LogP contribution >= 0.6 is 23.2 Å². The molecule has 2 nitrogen and oxygen atoms in total. The molecule has 1 spiro atoms. The molecule has 3 aliphatic rings. The summed E-state index contributed by atoms with van der Waals surface area (Å²) in [7, 11) is 0. The van der Waals surface area contributed by atoms with Crippen LogP contribution in [0.15, 0.2) is 43.0 Å². The first-order chi connectivity index (χ1) is 13.0. The molecule has 1 heterocycles.